The molecular formula is C19H29N3O5. The predicted octanol–water partition coefficient (Wildman–Crippen LogP) is 1.72. The van der Waals surface area contributed by atoms with Crippen LogP contribution in [0.25, 0.3) is 0 Å². The summed E-state index contributed by atoms with van der Waals surface area (Å²) >= 11 is 0. The first-order valence-corrected chi connectivity index (χ1v) is 8.99. The molecule has 0 aliphatic carbocycles. The number of rotatable bonds is 12. The second-order valence-electron chi connectivity index (χ2n) is 6.86. The van der Waals surface area contributed by atoms with Gasteiger partial charge in [-0.1, -0.05) is 26.0 Å². The summed E-state index contributed by atoms with van der Waals surface area (Å²) in [6, 6.07) is 5.90. The van der Waals surface area contributed by atoms with Gasteiger partial charge in [0.25, 0.3) is 0 Å². The van der Waals surface area contributed by atoms with Gasteiger partial charge in [0.05, 0.1) is 18.6 Å². The van der Waals surface area contributed by atoms with Crippen LogP contribution in [-0.4, -0.2) is 40.6 Å². The Hall–Kier alpha value is -2.61. The van der Waals surface area contributed by atoms with E-state index in [-0.39, 0.29) is 37.7 Å². The zero-order valence-corrected chi connectivity index (χ0v) is 15.8. The van der Waals surface area contributed by atoms with Gasteiger partial charge in [-0.2, -0.15) is 0 Å². The topological polar surface area (TPSA) is 142 Å². The Morgan fingerprint density at radius 3 is 2.26 bits per heavy atom. The zero-order chi connectivity index (χ0) is 20.4. The van der Waals surface area contributed by atoms with Crippen molar-refractivity contribution in [1.29, 1.82) is 0 Å². The molecule has 8 nitrogen and oxygen atoms in total. The average molecular weight is 379 g/mol. The van der Waals surface area contributed by atoms with E-state index in [4.69, 9.17) is 10.8 Å². The molecule has 0 spiro atoms. The molecule has 0 aliphatic heterocycles. The molecule has 0 fully saturated rings. The van der Waals surface area contributed by atoms with Gasteiger partial charge in [-0.25, -0.2) is 4.79 Å². The normalized spacial score (nSPS) is 13.0. The van der Waals surface area contributed by atoms with Crippen LogP contribution in [0.4, 0.5) is 10.5 Å². The predicted molar refractivity (Wildman–Crippen MR) is 102 cm³/mol. The lowest BCUT2D eigenvalue weighted by Gasteiger charge is -2.24. The molecular weight excluding hydrogens is 350 g/mol. The smallest absolute Gasteiger partial charge is 0.312 e. The molecule has 0 aliphatic rings. The van der Waals surface area contributed by atoms with E-state index < -0.39 is 24.0 Å². The van der Waals surface area contributed by atoms with Crippen LogP contribution in [0.15, 0.2) is 24.3 Å². The Balaban J connectivity index is 2.70. The van der Waals surface area contributed by atoms with Crippen molar-refractivity contribution in [3.05, 3.63) is 29.8 Å². The number of hydrogen-bond donors (Lipinski definition) is 5. The Kier molecular flexibility index (Phi) is 9.29. The number of carboxylic acids is 1. The third-order valence-electron chi connectivity index (χ3n) is 4.30. The summed E-state index contributed by atoms with van der Waals surface area (Å²) in [5.74, 6) is -2.04. The lowest BCUT2D eigenvalue weighted by molar-refractivity contribution is -0.144. The van der Waals surface area contributed by atoms with Crippen molar-refractivity contribution >= 4 is 23.5 Å². The molecule has 0 unspecified atom stereocenters. The van der Waals surface area contributed by atoms with E-state index in [1.165, 1.54) is 0 Å². The highest BCUT2D eigenvalue weighted by atomic mass is 16.4. The summed E-state index contributed by atoms with van der Waals surface area (Å²) in [6.45, 7) is 4.00. The minimum absolute atomic E-state index is 0.0269. The average Bonchev–Trinajstić information content (AvgIpc) is 2.61. The number of Topliss-reactive ketones (excluding diaryl/α,β-unsaturated/α-hetero) is 1. The third kappa shape index (κ3) is 8.08. The van der Waals surface area contributed by atoms with E-state index in [1.807, 2.05) is 13.8 Å². The van der Waals surface area contributed by atoms with Crippen molar-refractivity contribution in [2.45, 2.75) is 45.8 Å². The van der Waals surface area contributed by atoms with Crippen molar-refractivity contribution in [3.63, 3.8) is 0 Å². The number of ketones is 1. The second-order valence-corrected chi connectivity index (χ2v) is 6.86. The number of nitrogens with one attached hydrogen (secondary N) is 2. The Bertz CT molecular complexity index is 631. The number of nitrogens with two attached hydrogens (primary N) is 1. The largest absolute Gasteiger partial charge is 0.481 e. The van der Waals surface area contributed by atoms with Gasteiger partial charge >= 0.3 is 12.0 Å². The number of carbonyl (C=O) groups excluding carboxylic acids is 2. The molecule has 150 valence electrons. The maximum Gasteiger partial charge on any atom is 0.312 e. The van der Waals surface area contributed by atoms with Gasteiger partial charge in [0, 0.05) is 18.7 Å². The summed E-state index contributed by atoms with van der Waals surface area (Å²) in [4.78, 5) is 34.8. The molecule has 0 aromatic heterocycles. The van der Waals surface area contributed by atoms with E-state index in [2.05, 4.69) is 10.6 Å². The van der Waals surface area contributed by atoms with Crippen LogP contribution in [0.5, 0.6) is 0 Å². The summed E-state index contributed by atoms with van der Waals surface area (Å²) < 4.78 is 0. The quantitative estimate of drug-likeness (QED) is 0.350. The van der Waals surface area contributed by atoms with Crippen LogP contribution >= 0.6 is 0 Å². The summed E-state index contributed by atoms with van der Waals surface area (Å²) in [7, 11) is 0. The number of hydrogen-bond acceptors (Lipinski definition) is 5. The molecule has 2 amide bonds. The Morgan fingerprint density at radius 2 is 1.78 bits per heavy atom. The van der Waals surface area contributed by atoms with Gasteiger partial charge in [-0.15, -0.1) is 0 Å². The molecule has 0 heterocycles. The number of benzene rings is 1. The molecule has 1 aromatic rings. The summed E-state index contributed by atoms with van der Waals surface area (Å²) in [5.41, 5.74) is 6.47. The van der Waals surface area contributed by atoms with Crippen LogP contribution in [0, 0.1) is 11.8 Å². The van der Waals surface area contributed by atoms with Gasteiger partial charge < -0.3 is 26.6 Å². The third-order valence-corrected chi connectivity index (χ3v) is 4.30. The van der Waals surface area contributed by atoms with E-state index in [0.29, 0.717) is 6.42 Å². The van der Waals surface area contributed by atoms with Crippen LogP contribution in [-0.2, 0) is 16.2 Å². The molecule has 0 saturated carbocycles. The van der Waals surface area contributed by atoms with Gasteiger partial charge in [0.1, 0.15) is 0 Å². The maximum absolute atomic E-state index is 12.7. The fourth-order valence-corrected chi connectivity index (χ4v) is 2.75. The molecule has 0 saturated heterocycles. The lowest BCUT2D eigenvalue weighted by atomic mass is 9.90. The number of primary amides is 1. The van der Waals surface area contributed by atoms with E-state index in [1.54, 1.807) is 24.3 Å². The number of aliphatic carboxylic acids is 1. The highest BCUT2D eigenvalue weighted by Gasteiger charge is 2.28. The second kappa shape index (κ2) is 11.2. The van der Waals surface area contributed by atoms with Gasteiger partial charge in [0.15, 0.2) is 5.78 Å². The Labute approximate surface area is 159 Å². The number of anilines is 1. The monoisotopic (exact) mass is 379 g/mol. The van der Waals surface area contributed by atoms with E-state index >= 15 is 0 Å². The molecule has 0 radical (unpaired) electrons. The van der Waals surface area contributed by atoms with E-state index in [9.17, 15) is 19.5 Å². The van der Waals surface area contributed by atoms with Crippen LogP contribution in [0.1, 0.15) is 38.7 Å². The van der Waals surface area contributed by atoms with Crippen molar-refractivity contribution < 1.29 is 24.6 Å². The minimum Gasteiger partial charge on any atom is -0.481 e. The van der Waals surface area contributed by atoms with Crippen molar-refractivity contribution in [3.8, 4) is 0 Å². The SMILES string of the molecule is CC(C)[C@H](Nc1ccc(CO)cc1)C(=O)C[C@@H](CCCNC(N)=O)C(=O)O. The first kappa shape index (κ1) is 22.4. The van der Waals surface area contributed by atoms with Crippen molar-refractivity contribution in [2.24, 2.45) is 17.6 Å². The summed E-state index contributed by atoms with van der Waals surface area (Å²) in [6.07, 6.45) is 0.615. The standard InChI is InChI=1S/C19H29N3O5/c1-12(2)17(22-15-7-5-13(11-23)6-8-15)16(24)10-14(18(25)26)4-3-9-21-19(20)27/h5-8,12,14,17,22-23H,3-4,9-11H2,1-2H3,(H,25,26)(H3,20,21,27)/t14-,17+/m1/s1. The number of urea groups is 1. The zero-order valence-electron chi connectivity index (χ0n) is 15.8. The van der Waals surface area contributed by atoms with Crippen LogP contribution < -0.4 is 16.4 Å². The maximum atomic E-state index is 12.7. The van der Waals surface area contributed by atoms with E-state index in [0.717, 1.165) is 11.3 Å². The number of amides is 2. The minimum atomic E-state index is -1.03. The number of carboxylic acid groups (broad SMARTS) is 1. The highest BCUT2D eigenvalue weighted by molar-refractivity contribution is 5.90. The molecule has 2 atom stereocenters. The van der Waals surface area contributed by atoms with Crippen molar-refractivity contribution in [2.75, 3.05) is 11.9 Å². The fourth-order valence-electron chi connectivity index (χ4n) is 2.75. The summed E-state index contributed by atoms with van der Waals surface area (Å²) in [5, 5.41) is 24.1. The van der Waals surface area contributed by atoms with Crippen LogP contribution in [0.3, 0.4) is 0 Å². The Morgan fingerprint density at radius 1 is 1.15 bits per heavy atom. The molecule has 0 bridgehead atoms. The molecule has 27 heavy (non-hydrogen) atoms. The van der Waals surface area contributed by atoms with Gasteiger partial charge in [-0.05, 0) is 36.5 Å². The highest BCUT2D eigenvalue weighted by Crippen LogP contribution is 2.20. The molecule has 1 rings (SSSR count). The van der Waals surface area contributed by atoms with Gasteiger partial charge in [-0.3, -0.25) is 9.59 Å². The number of aliphatic hydroxyl groups excluding tert-OH is 1. The molecule has 8 heteroatoms. The first-order chi connectivity index (χ1) is 12.7. The number of carbonyl (C=O) groups is 3. The lowest BCUT2D eigenvalue weighted by Crippen LogP contribution is -2.37. The fraction of sp³-hybridized carbons (Fsp3) is 0.526. The van der Waals surface area contributed by atoms with Gasteiger partial charge in [0.2, 0.25) is 0 Å². The number of aliphatic hydroxyl groups is 1. The van der Waals surface area contributed by atoms with Crippen LogP contribution in [0.2, 0.25) is 0 Å². The molecule has 6 N–H and O–H groups in total. The first-order valence-electron chi connectivity index (χ1n) is 8.99. The molecule has 1 aromatic carbocycles. The van der Waals surface area contributed by atoms with Crippen molar-refractivity contribution in [1.82, 2.24) is 5.32 Å².